The highest BCUT2D eigenvalue weighted by Crippen LogP contribution is 2.33. The molecule has 3 rings (SSSR count). The van der Waals surface area contributed by atoms with Gasteiger partial charge < -0.3 is 5.73 Å². The number of nitrogens with zero attached hydrogens (tertiary/aromatic N) is 1. The first-order chi connectivity index (χ1) is 9.24. The van der Waals surface area contributed by atoms with E-state index in [1.165, 1.54) is 29.7 Å². The lowest BCUT2D eigenvalue weighted by Crippen LogP contribution is -2.23. The molecule has 2 unspecified atom stereocenters. The average molecular weight is 272 g/mol. The molecule has 1 heterocycles. The summed E-state index contributed by atoms with van der Waals surface area (Å²) in [5, 5.41) is 3.33. The van der Waals surface area contributed by atoms with Gasteiger partial charge in [0.15, 0.2) is 0 Å². The maximum Gasteiger partial charge on any atom is 0.0897 e. The molecule has 0 radical (unpaired) electrons. The van der Waals surface area contributed by atoms with Gasteiger partial charge in [-0.15, -0.1) is 11.3 Å². The van der Waals surface area contributed by atoms with E-state index < -0.39 is 0 Å². The molecule has 2 atom stereocenters. The van der Waals surface area contributed by atoms with Gasteiger partial charge in [0, 0.05) is 11.4 Å². The lowest BCUT2D eigenvalue weighted by molar-refractivity contribution is 0.399. The van der Waals surface area contributed by atoms with E-state index in [-0.39, 0.29) is 6.04 Å². The number of hydrogen-bond acceptors (Lipinski definition) is 3. The fourth-order valence-corrected chi connectivity index (χ4v) is 3.70. The minimum absolute atomic E-state index is 0.153. The Morgan fingerprint density at radius 3 is 3.00 bits per heavy atom. The molecule has 2 N–H and O–H groups in total. The van der Waals surface area contributed by atoms with Crippen LogP contribution in [0.2, 0.25) is 0 Å². The Bertz CT molecular complexity index is 561. The van der Waals surface area contributed by atoms with Crippen molar-refractivity contribution < 1.29 is 0 Å². The topological polar surface area (TPSA) is 38.9 Å². The summed E-state index contributed by atoms with van der Waals surface area (Å²) in [5.74, 6) is 0.519. The second-order valence-electron chi connectivity index (χ2n) is 5.44. The van der Waals surface area contributed by atoms with Gasteiger partial charge in [-0.3, -0.25) is 0 Å². The first-order valence-electron chi connectivity index (χ1n) is 6.98. The normalized spacial score (nSPS) is 22.8. The summed E-state index contributed by atoms with van der Waals surface area (Å²) in [6.07, 6.45) is 4.61. The van der Waals surface area contributed by atoms with E-state index in [0.29, 0.717) is 5.92 Å². The zero-order valence-corrected chi connectivity index (χ0v) is 12.1. The molecule has 100 valence electrons. The number of thiazole rings is 1. The number of aryl methyl sites for hydroxylation is 2. The third-order valence-electron chi connectivity index (χ3n) is 4.08. The van der Waals surface area contributed by atoms with Crippen LogP contribution in [0.5, 0.6) is 0 Å². The Morgan fingerprint density at radius 2 is 2.21 bits per heavy atom. The van der Waals surface area contributed by atoms with Gasteiger partial charge in [-0.1, -0.05) is 24.3 Å². The molecule has 2 nitrogen and oxygen atoms in total. The van der Waals surface area contributed by atoms with Gasteiger partial charge >= 0.3 is 0 Å². The summed E-state index contributed by atoms with van der Waals surface area (Å²) in [6, 6.07) is 8.81. The predicted molar refractivity (Wildman–Crippen MR) is 80.4 cm³/mol. The van der Waals surface area contributed by atoms with Crippen molar-refractivity contribution >= 4 is 11.3 Å². The molecular weight excluding hydrogens is 252 g/mol. The van der Waals surface area contributed by atoms with Gasteiger partial charge in [-0.05, 0) is 49.7 Å². The average Bonchev–Trinajstić information content (AvgIpc) is 2.75. The zero-order valence-electron chi connectivity index (χ0n) is 11.3. The fourth-order valence-electron chi connectivity index (χ4n) is 3.07. The van der Waals surface area contributed by atoms with Crippen LogP contribution in [-0.2, 0) is 12.8 Å². The summed E-state index contributed by atoms with van der Waals surface area (Å²) in [5.41, 5.74) is 10.5. The molecule has 2 aromatic rings. The predicted octanol–water partition coefficient (Wildman–Crippen LogP) is 3.65. The maximum atomic E-state index is 6.52. The van der Waals surface area contributed by atoms with Crippen LogP contribution in [0.25, 0.3) is 0 Å². The van der Waals surface area contributed by atoms with Gasteiger partial charge in [0.25, 0.3) is 0 Å². The smallest absolute Gasteiger partial charge is 0.0897 e. The summed E-state index contributed by atoms with van der Waals surface area (Å²) in [6.45, 7) is 2.07. The first kappa shape index (κ1) is 12.8. The number of hydrogen-bond donors (Lipinski definition) is 1. The van der Waals surface area contributed by atoms with Crippen molar-refractivity contribution in [3.05, 3.63) is 51.5 Å². The highest BCUT2D eigenvalue weighted by Gasteiger charge is 2.25. The lowest BCUT2D eigenvalue weighted by atomic mass is 9.88. The monoisotopic (exact) mass is 272 g/mol. The standard InChI is InChI=1S/C16H20N2S/c1-11-18-14(10-19-11)9-13-7-4-6-12-5-2-3-8-15(12)16(13)17/h2-3,5,8,10,13,16H,4,6-7,9,17H2,1H3. The van der Waals surface area contributed by atoms with Gasteiger partial charge in [0.1, 0.15) is 0 Å². The molecule has 0 spiro atoms. The molecule has 1 aliphatic rings. The van der Waals surface area contributed by atoms with Crippen LogP contribution < -0.4 is 5.73 Å². The van der Waals surface area contributed by atoms with E-state index in [1.54, 1.807) is 11.3 Å². The van der Waals surface area contributed by atoms with Crippen LogP contribution in [0.4, 0.5) is 0 Å². The van der Waals surface area contributed by atoms with Crippen molar-refractivity contribution in [1.82, 2.24) is 4.98 Å². The number of aromatic nitrogens is 1. The molecule has 1 aliphatic carbocycles. The quantitative estimate of drug-likeness (QED) is 0.848. The Morgan fingerprint density at radius 1 is 1.37 bits per heavy atom. The third-order valence-corrected chi connectivity index (χ3v) is 4.90. The van der Waals surface area contributed by atoms with Crippen molar-refractivity contribution in [2.75, 3.05) is 0 Å². The maximum absolute atomic E-state index is 6.52. The molecule has 0 saturated carbocycles. The van der Waals surface area contributed by atoms with E-state index in [2.05, 4.69) is 41.6 Å². The second kappa shape index (κ2) is 5.43. The molecule has 0 aliphatic heterocycles. The molecule has 0 amide bonds. The molecule has 0 fully saturated rings. The highest BCUT2D eigenvalue weighted by molar-refractivity contribution is 7.09. The van der Waals surface area contributed by atoms with E-state index in [1.807, 2.05) is 0 Å². The van der Waals surface area contributed by atoms with Crippen LogP contribution in [0.3, 0.4) is 0 Å². The van der Waals surface area contributed by atoms with E-state index in [4.69, 9.17) is 5.73 Å². The number of fused-ring (bicyclic) bond motifs is 1. The molecule has 0 bridgehead atoms. The lowest BCUT2D eigenvalue weighted by Gasteiger charge is -2.22. The molecule has 1 aromatic heterocycles. The first-order valence-corrected chi connectivity index (χ1v) is 7.86. The van der Waals surface area contributed by atoms with Gasteiger partial charge in [-0.25, -0.2) is 4.98 Å². The van der Waals surface area contributed by atoms with Crippen molar-refractivity contribution in [1.29, 1.82) is 0 Å². The number of benzene rings is 1. The summed E-state index contributed by atoms with van der Waals surface area (Å²) < 4.78 is 0. The van der Waals surface area contributed by atoms with Crippen molar-refractivity contribution in [3.8, 4) is 0 Å². The highest BCUT2D eigenvalue weighted by atomic mass is 32.1. The SMILES string of the molecule is Cc1nc(CC2CCCc3ccccc3C2N)cs1. The Labute approximate surface area is 118 Å². The van der Waals surface area contributed by atoms with Gasteiger partial charge in [0.2, 0.25) is 0 Å². The van der Waals surface area contributed by atoms with Crippen LogP contribution in [-0.4, -0.2) is 4.98 Å². The van der Waals surface area contributed by atoms with Crippen LogP contribution in [0, 0.1) is 12.8 Å². The van der Waals surface area contributed by atoms with E-state index >= 15 is 0 Å². The van der Waals surface area contributed by atoms with Gasteiger partial charge in [0.05, 0.1) is 10.7 Å². The summed E-state index contributed by atoms with van der Waals surface area (Å²) in [7, 11) is 0. The largest absolute Gasteiger partial charge is 0.324 e. The van der Waals surface area contributed by atoms with E-state index in [9.17, 15) is 0 Å². The summed E-state index contributed by atoms with van der Waals surface area (Å²) >= 11 is 1.73. The fraction of sp³-hybridized carbons (Fsp3) is 0.438. The molecular formula is C16H20N2S. The summed E-state index contributed by atoms with van der Waals surface area (Å²) in [4.78, 5) is 4.59. The third kappa shape index (κ3) is 2.72. The molecule has 1 aromatic carbocycles. The second-order valence-corrected chi connectivity index (χ2v) is 6.50. The van der Waals surface area contributed by atoms with Crippen LogP contribution in [0.1, 0.15) is 40.7 Å². The molecule has 3 heteroatoms. The molecule has 0 saturated heterocycles. The zero-order chi connectivity index (χ0) is 13.2. The minimum atomic E-state index is 0.153. The van der Waals surface area contributed by atoms with Crippen molar-refractivity contribution in [2.45, 2.75) is 38.6 Å². The number of rotatable bonds is 2. The Balaban J connectivity index is 1.83. The van der Waals surface area contributed by atoms with Gasteiger partial charge in [-0.2, -0.15) is 0 Å². The van der Waals surface area contributed by atoms with Crippen molar-refractivity contribution in [3.63, 3.8) is 0 Å². The van der Waals surface area contributed by atoms with Crippen LogP contribution >= 0.6 is 11.3 Å². The van der Waals surface area contributed by atoms with Crippen LogP contribution in [0.15, 0.2) is 29.6 Å². The number of nitrogens with two attached hydrogens (primary N) is 1. The Kier molecular flexibility index (Phi) is 3.67. The Hall–Kier alpha value is -1.19. The minimum Gasteiger partial charge on any atom is -0.324 e. The van der Waals surface area contributed by atoms with Crippen molar-refractivity contribution in [2.24, 2.45) is 11.7 Å². The van der Waals surface area contributed by atoms with E-state index in [0.717, 1.165) is 17.8 Å². The molecule has 19 heavy (non-hydrogen) atoms.